The minimum atomic E-state index is -0.664. The van der Waals surface area contributed by atoms with Crippen molar-refractivity contribution in [3.63, 3.8) is 0 Å². The summed E-state index contributed by atoms with van der Waals surface area (Å²) >= 11 is 0. The molecule has 0 radical (unpaired) electrons. The smallest absolute Gasteiger partial charge is 0.0964 e. The number of aliphatic hydroxyl groups excluding tert-OH is 3. The number of hydrogen-bond acceptors (Lipinski definition) is 5. The van der Waals surface area contributed by atoms with Gasteiger partial charge < -0.3 is 26.0 Å². The first-order valence-electron chi connectivity index (χ1n) is 5.63. The molecule has 1 aliphatic heterocycles. The van der Waals surface area contributed by atoms with Crippen molar-refractivity contribution < 1.29 is 15.3 Å². The lowest BCUT2D eigenvalue weighted by molar-refractivity contribution is 0.0392. The van der Waals surface area contributed by atoms with Gasteiger partial charge in [0.1, 0.15) is 0 Å². The van der Waals surface area contributed by atoms with Crippen LogP contribution in [0.2, 0.25) is 0 Å². The van der Waals surface area contributed by atoms with Crippen molar-refractivity contribution in [2.24, 2.45) is 0 Å². The van der Waals surface area contributed by atoms with Crippen LogP contribution in [0.15, 0.2) is 0 Å². The monoisotopic (exact) mass is 218 g/mol. The number of β-amino-alcohol motifs (C(OH)–C–C–N with tert-alkyl or cyclic N) is 1. The van der Waals surface area contributed by atoms with Gasteiger partial charge in [0.25, 0.3) is 0 Å². The van der Waals surface area contributed by atoms with Gasteiger partial charge in [-0.1, -0.05) is 6.92 Å². The minimum absolute atomic E-state index is 0.0359. The molecule has 5 N–H and O–H groups in total. The summed E-state index contributed by atoms with van der Waals surface area (Å²) in [5, 5.41) is 34.2. The molecule has 15 heavy (non-hydrogen) atoms. The third-order valence-corrected chi connectivity index (χ3v) is 2.88. The van der Waals surface area contributed by atoms with Crippen molar-refractivity contribution in [1.29, 1.82) is 0 Å². The predicted molar refractivity (Wildman–Crippen MR) is 57.6 cm³/mol. The lowest BCUT2D eigenvalue weighted by atomic mass is 10.1. The third kappa shape index (κ3) is 4.04. The van der Waals surface area contributed by atoms with Gasteiger partial charge >= 0.3 is 0 Å². The Kier molecular flexibility index (Phi) is 5.49. The van der Waals surface area contributed by atoms with Crippen LogP contribution in [-0.4, -0.2) is 59.3 Å². The summed E-state index contributed by atoms with van der Waals surface area (Å²) in [5.74, 6) is 0. The van der Waals surface area contributed by atoms with E-state index >= 15 is 0 Å². The van der Waals surface area contributed by atoms with Crippen LogP contribution in [0.5, 0.6) is 0 Å². The lowest BCUT2D eigenvalue weighted by Crippen LogP contribution is -2.37. The Labute approximate surface area is 90.5 Å². The highest BCUT2D eigenvalue weighted by atomic mass is 16.3. The zero-order chi connectivity index (χ0) is 11.3. The van der Waals surface area contributed by atoms with Gasteiger partial charge in [0.2, 0.25) is 0 Å². The second-order valence-electron chi connectivity index (χ2n) is 4.13. The van der Waals surface area contributed by atoms with Gasteiger partial charge in [-0.2, -0.15) is 0 Å². The second kappa shape index (κ2) is 6.40. The molecule has 5 heteroatoms. The normalized spacial score (nSPS) is 33.2. The van der Waals surface area contributed by atoms with E-state index in [4.69, 9.17) is 0 Å². The quantitative estimate of drug-likeness (QED) is 0.348. The lowest BCUT2D eigenvalue weighted by Gasteiger charge is -2.16. The fourth-order valence-corrected chi connectivity index (χ4v) is 1.73. The molecular formula is C10H22N2O3. The van der Waals surface area contributed by atoms with Crippen molar-refractivity contribution in [2.45, 2.75) is 44.1 Å². The van der Waals surface area contributed by atoms with E-state index in [1.807, 2.05) is 6.92 Å². The second-order valence-corrected chi connectivity index (χ2v) is 4.13. The van der Waals surface area contributed by atoms with Crippen molar-refractivity contribution in [3.05, 3.63) is 0 Å². The Bertz CT molecular complexity index is 180. The molecule has 1 rings (SSSR count). The molecular weight excluding hydrogens is 196 g/mol. The third-order valence-electron chi connectivity index (χ3n) is 2.88. The van der Waals surface area contributed by atoms with Gasteiger partial charge in [0.15, 0.2) is 0 Å². The van der Waals surface area contributed by atoms with Gasteiger partial charge in [-0.25, -0.2) is 0 Å². The van der Waals surface area contributed by atoms with Gasteiger partial charge in [-0.3, -0.25) is 0 Å². The standard InChI is InChI=1S/C10H22N2O3/c1-2-7(13)5-11-4-3-8-10(15)9(14)6-12-8/h7-15H,2-6H2,1H3/t7?,8-,9-,10+/m0/s1. The largest absolute Gasteiger partial charge is 0.392 e. The Balaban J connectivity index is 2.05. The molecule has 1 heterocycles. The summed E-state index contributed by atoms with van der Waals surface area (Å²) in [5.41, 5.74) is 0. The van der Waals surface area contributed by atoms with Crippen LogP contribution >= 0.6 is 0 Å². The van der Waals surface area contributed by atoms with Crippen molar-refractivity contribution in [2.75, 3.05) is 19.6 Å². The summed E-state index contributed by atoms with van der Waals surface area (Å²) in [7, 11) is 0. The first kappa shape index (κ1) is 12.9. The van der Waals surface area contributed by atoms with Crippen LogP contribution in [0.3, 0.4) is 0 Å². The Morgan fingerprint density at radius 2 is 2.20 bits per heavy atom. The molecule has 0 spiro atoms. The van der Waals surface area contributed by atoms with E-state index in [1.54, 1.807) is 0 Å². The van der Waals surface area contributed by atoms with Crippen LogP contribution in [0, 0.1) is 0 Å². The molecule has 1 aliphatic rings. The highest BCUT2D eigenvalue weighted by molar-refractivity contribution is 4.90. The minimum Gasteiger partial charge on any atom is -0.392 e. The van der Waals surface area contributed by atoms with Crippen molar-refractivity contribution in [3.8, 4) is 0 Å². The molecule has 0 amide bonds. The predicted octanol–water partition coefficient (Wildman–Crippen LogP) is -1.57. The molecule has 1 saturated heterocycles. The zero-order valence-electron chi connectivity index (χ0n) is 9.19. The van der Waals surface area contributed by atoms with Gasteiger partial charge in [-0.05, 0) is 19.4 Å². The van der Waals surface area contributed by atoms with E-state index in [2.05, 4.69) is 10.6 Å². The van der Waals surface area contributed by atoms with E-state index in [0.29, 0.717) is 13.1 Å². The molecule has 0 aromatic heterocycles. The van der Waals surface area contributed by atoms with E-state index in [0.717, 1.165) is 19.4 Å². The maximum absolute atomic E-state index is 9.52. The Morgan fingerprint density at radius 1 is 1.47 bits per heavy atom. The van der Waals surface area contributed by atoms with Gasteiger partial charge in [-0.15, -0.1) is 0 Å². The van der Waals surface area contributed by atoms with Crippen LogP contribution in [-0.2, 0) is 0 Å². The molecule has 0 saturated carbocycles. The fourth-order valence-electron chi connectivity index (χ4n) is 1.73. The van der Waals surface area contributed by atoms with Crippen molar-refractivity contribution >= 4 is 0 Å². The molecule has 4 atom stereocenters. The fraction of sp³-hybridized carbons (Fsp3) is 1.00. The van der Waals surface area contributed by atoms with Crippen LogP contribution in [0.1, 0.15) is 19.8 Å². The summed E-state index contributed by atoms with van der Waals surface area (Å²) in [6, 6.07) is -0.0359. The average Bonchev–Trinajstić information content (AvgIpc) is 2.55. The Hall–Kier alpha value is -0.200. The van der Waals surface area contributed by atoms with Crippen LogP contribution < -0.4 is 10.6 Å². The molecule has 0 aromatic rings. The van der Waals surface area contributed by atoms with E-state index < -0.39 is 12.2 Å². The number of aliphatic hydroxyl groups is 3. The first-order chi connectivity index (χ1) is 7.15. The van der Waals surface area contributed by atoms with Gasteiger partial charge in [0.05, 0.1) is 18.3 Å². The highest BCUT2D eigenvalue weighted by Crippen LogP contribution is 2.10. The molecule has 0 bridgehead atoms. The number of nitrogens with one attached hydrogen (secondary N) is 2. The summed E-state index contributed by atoms with van der Waals surface area (Å²) in [6.07, 6.45) is -0.0961. The summed E-state index contributed by atoms with van der Waals surface area (Å²) in [6.45, 7) is 3.72. The Morgan fingerprint density at radius 3 is 2.73 bits per heavy atom. The average molecular weight is 218 g/mol. The van der Waals surface area contributed by atoms with Crippen molar-refractivity contribution in [1.82, 2.24) is 10.6 Å². The number of hydrogen-bond donors (Lipinski definition) is 5. The summed E-state index contributed by atoms with van der Waals surface area (Å²) < 4.78 is 0. The summed E-state index contributed by atoms with van der Waals surface area (Å²) in [4.78, 5) is 0. The number of rotatable bonds is 6. The van der Waals surface area contributed by atoms with Crippen LogP contribution in [0.25, 0.3) is 0 Å². The molecule has 90 valence electrons. The molecule has 0 aliphatic carbocycles. The highest BCUT2D eigenvalue weighted by Gasteiger charge is 2.32. The van der Waals surface area contributed by atoms with E-state index in [9.17, 15) is 15.3 Å². The zero-order valence-corrected chi connectivity index (χ0v) is 9.19. The first-order valence-corrected chi connectivity index (χ1v) is 5.63. The SMILES string of the molecule is CCC(O)CNCC[C@@H]1NC[C@H](O)[C@@H]1O. The molecule has 5 nitrogen and oxygen atoms in total. The van der Waals surface area contributed by atoms with Gasteiger partial charge in [0, 0.05) is 19.1 Å². The topological polar surface area (TPSA) is 84.8 Å². The van der Waals surface area contributed by atoms with E-state index in [1.165, 1.54) is 0 Å². The van der Waals surface area contributed by atoms with Crippen LogP contribution in [0.4, 0.5) is 0 Å². The van der Waals surface area contributed by atoms with E-state index in [-0.39, 0.29) is 12.1 Å². The maximum Gasteiger partial charge on any atom is 0.0964 e. The molecule has 1 fully saturated rings. The molecule has 1 unspecified atom stereocenters. The molecule has 0 aromatic carbocycles. The maximum atomic E-state index is 9.52.